The Kier molecular flexibility index (Phi) is 3.99. The average molecular weight is 282 g/mol. The Hall–Kier alpha value is -1.30. The van der Waals surface area contributed by atoms with Crippen molar-refractivity contribution in [2.24, 2.45) is 5.92 Å². The molecule has 6 heteroatoms. The number of hydrogen-bond donors (Lipinski definition) is 2. The van der Waals surface area contributed by atoms with Gasteiger partial charge in [-0.2, -0.15) is 4.37 Å². The summed E-state index contributed by atoms with van der Waals surface area (Å²) in [7, 11) is 0. The molecule has 1 fully saturated rings. The summed E-state index contributed by atoms with van der Waals surface area (Å²) in [5, 5.41) is 3.81. The lowest BCUT2D eigenvalue weighted by molar-refractivity contribution is 0.0944. The SMILES string of the molecule is CC1CC(C)N(c2snc(N)c2C(=O)NC(C)C)C1. The topological polar surface area (TPSA) is 71.2 Å². The van der Waals surface area contributed by atoms with E-state index < -0.39 is 0 Å². The number of nitrogen functional groups attached to an aromatic ring is 1. The van der Waals surface area contributed by atoms with Gasteiger partial charge in [-0.25, -0.2) is 0 Å². The minimum Gasteiger partial charge on any atom is -0.382 e. The molecule has 0 aliphatic carbocycles. The zero-order valence-electron chi connectivity index (χ0n) is 11.9. The Morgan fingerprint density at radius 2 is 2.21 bits per heavy atom. The summed E-state index contributed by atoms with van der Waals surface area (Å²) in [5.74, 6) is 0.854. The molecule has 1 saturated heterocycles. The Morgan fingerprint density at radius 3 is 2.74 bits per heavy atom. The highest BCUT2D eigenvalue weighted by molar-refractivity contribution is 7.11. The normalized spacial score (nSPS) is 23.1. The van der Waals surface area contributed by atoms with Gasteiger partial charge < -0.3 is 16.0 Å². The first-order chi connectivity index (χ1) is 8.90. The second-order valence-electron chi connectivity index (χ2n) is 5.72. The lowest BCUT2D eigenvalue weighted by Gasteiger charge is -2.23. The molecule has 1 aliphatic heterocycles. The molecule has 2 atom stereocenters. The van der Waals surface area contributed by atoms with Gasteiger partial charge in [0, 0.05) is 18.6 Å². The number of carbonyl (C=O) groups is 1. The standard InChI is InChI=1S/C13H22N4OS/c1-7(2)15-12(18)10-11(14)16-19-13(10)17-6-8(3)5-9(17)4/h7-9H,5-6H2,1-4H3,(H2,14,16)(H,15,18). The molecule has 0 spiro atoms. The maximum atomic E-state index is 12.3. The van der Waals surface area contributed by atoms with E-state index in [4.69, 9.17) is 5.73 Å². The van der Waals surface area contributed by atoms with Crippen LogP contribution in [0.25, 0.3) is 0 Å². The first kappa shape index (κ1) is 14.1. The van der Waals surface area contributed by atoms with Crippen molar-refractivity contribution in [1.82, 2.24) is 9.69 Å². The highest BCUT2D eigenvalue weighted by Crippen LogP contribution is 2.36. The van der Waals surface area contributed by atoms with E-state index in [2.05, 4.69) is 28.4 Å². The molecular weight excluding hydrogens is 260 g/mol. The van der Waals surface area contributed by atoms with Crippen molar-refractivity contribution >= 4 is 28.3 Å². The van der Waals surface area contributed by atoms with Crippen LogP contribution in [0.2, 0.25) is 0 Å². The highest BCUT2D eigenvalue weighted by atomic mass is 32.1. The third kappa shape index (κ3) is 2.83. The Labute approximate surface area is 118 Å². The molecular formula is C13H22N4OS. The van der Waals surface area contributed by atoms with Gasteiger partial charge in [-0.3, -0.25) is 4.79 Å². The number of rotatable bonds is 3. The molecule has 1 aromatic heterocycles. The number of aromatic nitrogens is 1. The van der Waals surface area contributed by atoms with E-state index in [0.29, 0.717) is 23.3 Å². The molecule has 1 aliphatic rings. The van der Waals surface area contributed by atoms with Crippen molar-refractivity contribution in [3.05, 3.63) is 5.56 Å². The smallest absolute Gasteiger partial charge is 0.258 e. The van der Waals surface area contributed by atoms with Crippen LogP contribution >= 0.6 is 11.5 Å². The highest BCUT2D eigenvalue weighted by Gasteiger charge is 2.32. The molecule has 0 bridgehead atoms. The first-order valence-corrected chi connectivity index (χ1v) is 7.50. The quantitative estimate of drug-likeness (QED) is 0.890. The average Bonchev–Trinajstić information content (AvgIpc) is 2.80. The molecule has 106 valence electrons. The first-order valence-electron chi connectivity index (χ1n) is 6.72. The van der Waals surface area contributed by atoms with E-state index in [1.165, 1.54) is 11.5 Å². The van der Waals surface area contributed by atoms with Crippen LogP contribution < -0.4 is 16.0 Å². The van der Waals surface area contributed by atoms with Crippen LogP contribution in [-0.2, 0) is 0 Å². The van der Waals surface area contributed by atoms with Crippen molar-refractivity contribution in [2.75, 3.05) is 17.2 Å². The monoisotopic (exact) mass is 282 g/mol. The molecule has 0 radical (unpaired) electrons. The zero-order chi connectivity index (χ0) is 14.2. The molecule has 2 rings (SSSR count). The number of amides is 1. The van der Waals surface area contributed by atoms with Gasteiger partial charge in [0.25, 0.3) is 5.91 Å². The number of nitrogens with one attached hydrogen (secondary N) is 1. The van der Waals surface area contributed by atoms with E-state index in [-0.39, 0.29) is 11.9 Å². The van der Waals surface area contributed by atoms with Crippen LogP contribution in [0.3, 0.4) is 0 Å². The summed E-state index contributed by atoms with van der Waals surface area (Å²) < 4.78 is 4.17. The maximum Gasteiger partial charge on any atom is 0.258 e. The van der Waals surface area contributed by atoms with Gasteiger partial charge in [0.15, 0.2) is 5.82 Å². The zero-order valence-corrected chi connectivity index (χ0v) is 12.8. The Morgan fingerprint density at radius 1 is 1.53 bits per heavy atom. The molecule has 2 unspecified atom stereocenters. The minimum absolute atomic E-state index is 0.0922. The fraction of sp³-hybridized carbons (Fsp3) is 0.692. The van der Waals surface area contributed by atoms with Crippen molar-refractivity contribution in [3.8, 4) is 0 Å². The van der Waals surface area contributed by atoms with Crippen molar-refractivity contribution in [2.45, 2.75) is 46.2 Å². The number of hydrogen-bond acceptors (Lipinski definition) is 5. The van der Waals surface area contributed by atoms with Gasteiger partial charge in [-0.15, -0.1) is 0 Å². The van der Waals surface area contributed by atoms with E-state index in [0.717, 1.165) is 18.0 Å². The largest absolute Gasteiger partial charge is 0.382 e. The molecule has 19 heavy (non-hydrogen) atoms. The summed E-state index contributed by atoms with van der Waals surface area (Å²) in [6.07, 6.45) is 1.14. The van der Waals surface area contributed by atoms with Crippen molar-refractivity contribution in [3.63, 3.8) is 0 Å². The fourth-order valence-electron chi connectivity index (χ4n) is 2.62. The lowest BCUT2D eigenvalue weighted by Crippen LogP contribution is -2.33. The number of nitrogens with zero attached hydrogens (tertiary/aromatic N) is 2. The van der Waals surface area contributed by atoms with Crippen molar-refractivity contribution in [1.29, 1.82) is 0 Å². The summed E-state index contributed by atoms with van der Waals surface area (Å²) in [5.41, 5.74) is 6.42. The fourth-order valence-corrected chi connectivity index (χ4v) is 3.54. The number of nitrogens with two attached hydrogens (primary N) is 1. The molecule has 2 heterocycles. The van der Waals surface area contributed by atoms with Crippen LogP contribution in [0.1, 0.15) is 44.5 Å². The van der Waals surface area contributed by atoms with E-state index >= 15 is 0 Å². The van der Waals surface area contributed by atoms with Gasteiger partial charge in [0.2, 0.25) is 0 Å². The maximum absolute atomic E-state index is 12.3. The van der Waals surface area contributed by atoms with Crippen LogP contribution in [0.4, 0.5) is 10.8 Å². The summed E-state index contributed by atoms with van der Waals surface area (Å²) in [6, 6.07) is 0.523. The van der Waals surface area contributed by atoms with E-state index in [1.807, 2.05) is 13.8 Å². The predicted molar refractivity (Wildman–Crippen MR) is 79.7 cm³/mol. The lowest BCUT2D eigenvalue weighted by atomic mass is 10.1. The van der Waals surface area contributed by atoms with Gasteiger partial charge >= 0.3 is 0 Å². The van der Waals surface area contributed by atoms with Crippen LogP contribution in [0.5, 0.6) is 0 Å². The van der Waals surface area contributed by atoms with Gasteiger partial charge in [0.05, 0.1) is 0 Å². The van der Waals surface area contributed by atoms with E-state index in [9.17, 15) is 4.79 Å². The second-order valence-corrected chi connectivity index (χ2v) is 6.47. The van der Waals surface area contributed by atoms with Crippen LogP contribution in [-0.4, -0.2) is 28.9 Å². The van der Waals surface area contributed by atoms with Gasteiger partial charge in [0.1, 0.15) is 10.6 Å². The predicted octanol–water partition coefficient (Wildman–Crippen LogP) is 2.10. The molecule has 0 aromatic carbocycles. The molecule has 3 N–H and O–H groups in total. The second kappa shape index (κ2) is 5.36. The minimum atomic E-state index is -0.122. The van der Waals surface area contributed by atoms with E-state index in [1.54, 1.807) is 0 Å². The third-order valence-electron chi connectivity index (χ3n) is 3.39. The molecule has 5 nitrogen and oxygen atoms in total. The number of carbonyl (C=O) groups excluding carboxylic acids is 1. The Bertz CT molecular complexity index is 471. The molecule has 0 saturated carbocycles. The van der Waals surface area contributed by atoms with Gasteiger partial charge in [-0.1, -0.05) is 6.92 Å². The molecule has 1 amide bonds. The Balaban J connectivity index is 2.30. The third-order valence-corrected chi connectivity index (χ3v) is 4.29. The molecule has 1 aromatic rings. The number of anilines is 2. The van der Waals surface area contributed by atoms with Gasteiger partial charge in [-0.05, 0) is 44.6 Å². The summed E-state index contributed by atoms with van der Waals surface area (Å²) in [6.45, 7) is 9.26. The summed E-state index contributed by atoms with van der Waals surface area (Å²) >= 11 is 1.32. The van der Waals surface area contributed by atoms with Crippen LogP contribution in [0, 0.1) is 5.92 Å². The summed E-state index contributed by atoms with van der Waals surface area (Å²) in [4.78, 5) is 14.5. The van der Waals surface area contributed by atoms with Crippen molar-refractivity contribution < 1.29 is 4.79 Å². The van der Waals surface area contributed by atoms with Crippen LogP contribution in [0.15, 0.2) is 0 Å².